The number of epoxide rings is 1. The Kier molecular flexibility index (Phi) is 12.2. The highest BCUT2D eigenvalue weighted by Gasteiger charge is 2.41. The fourth-order valence-electron chi connectivity index (χ4n) is 2.40. The van der Waals surface area contributed by atoms with E-state index in [0.717, 1.165) is 0 Å². The van der Waals surface area contributed by atoms with Gasteiger partial charge < -0.3 is 9.84 Å². The number of nitriles is 1. The van der Waals surface area contributed by atoms with Gasteiger partial charge in [0, 0.05) is 17.3 Å². The number of aliphatic hydroxyl groups excluding tert-OH is 1. The van der Waals surface area contributed by atoms with Crippen molar-refractivity contribution in [2.75, 3.05) is 0 Å². The maximum Gasteiger partial charge on any atom is 0.416 e. The summed E-state index contributed by atoms with van der Waals surface area (Å²) in [5.74, 6) is -1.04. The minimum absolute atomic E-state index is 0.0330. The van der Waals surface area contributed by atoms with Crippen LogP contribution in [0.15, 0.2) is 42.3 Å². The third-order valence-corrected chi connectivity index (χ3v) is 3.72. The van der Waals surface area contributed by atoms with E-state index in [-0.39, 0.29) is 17.5 Å². The molecule has 0 amide bonds. The van der Waals surface area contributed by atoms with Gasteiger partial charge in [0.2, 0.25) is 0 Å². The van der Waals surface area contributed by atoms with Crippen LogP contribution < -0.4 is 0 Å². The van der Waals surface area contributed by atoms with Crippen LogP contribution >= 0.6 is 0 Å². The number of alkyl halides is 6. The van der Waals surface area contributed by atoms with Crippen molar-refractivity contribution in [3.8, 4) is 6.07 Å². The predicted octanol–water partition coefficient (Wildman–Crippen LogP) is 8.46. The van der Waals surface area contributed by atoms with Crippen LogP contribution in [0.2, 0.25) is 0 Å². The molecule has 0 aliphatic carbocycles. The maximum absolute atomic E-state index is 12.9. The number of halogens is 6. The van der Waals surface area contributed by atoms with Gasteiger partial charge in [-0.1, -0.05) is 48.0 Å². The molecule has 1 aliphatic heterocycles. The van der Waals surface area contributed by atoms with Crippen LogP contribution in [-0.2, 0) is 17.1 Å². The van der Waals surface area contributed by atoms with Crippen molar-refractivity contribution in [3.05, 3.63) is 70.2 Å². The lowest BCUT2D eigenvalue weighted by molar-refractivity contribution is -0.143. The molecule has 1 fully saturated rings. The van der Waals surface area contributed by atoms with Gasteiger partial charge in [-0.25, -0.2) is 4.98 Å². The predicted molar refractivity (Wildman–Crippen MR) is 117 cm³/mol. The molecule has 2 heterocycles. The fourth-order valence-corrected chi connectivity index (χ4v) is 2.40. The molecule has 3 rings (SSSR count). The molecule has 1 atom stereocenters. The molecule has 1 aromatic carbocycles. The summed E-state index contributed by atoms with van der Waals surface area (Å²) in [5.41, 5.74) is -3.35. The van der Waals surface area contributed by atoms with Gasteiger partial charge in [0.15, 0.2) is 17.6 Å². The van der Waals surface area contributed by atoms with Crippen molar-refractivity contribution in [2.24, 2.45) is 0 Å². The average Bonchev–Trinajstić information content (AvgIpc) is 3.61. The van der Waals surface area contributed by atoms with Gasteiger partial charge >= 0.3 is 12.4 Å². The lowest BCUT2D eigenvalue weighted by Crippen LogP contribution is -2.11. The van der Waals surface area contributed by atoms with Gasteiger partial charge in [-0.05, 0) is 30.3 Å². The largest absolute Gasteiger partial charge is 0.504 e. The fraction of sp³-hybridized carbons (Fsp3) is 0.417. The van der Waals surface area contributed by atoms with Gasteiger partial charge in [-0.15, -0.1) is 0 Å². The summed E-state index contributed by atoms with van der Waals surface area (Å²) in [4.78, 5) is 3.73. The normalized spacial score (nSPS) is 15.6. The van der Waals surface area contributed by atoms with Crippen molar-refractivity contribution in [2.45, 2.75) is 66.4 Å². The Bertz CT molecular complexity index is 960. The number of ether oxygens (including phenoxy) is 1. The first-order valence-corrected chi connectivity index (χ1v) is 10.7. The molecule has 2 aromatic rings. The maximum atomic E-state index is 12.9. The second-order valence-corrected chi connectivity index (χ2v) is 6.30. The summed E-state index contributed by atoms with van der Waals surface area (Å²) >= 11 is 0. The molecule has 1 N–H and O–H groups in total. The summed E-state index contributed by atoms with van der Waals surface area (Å²) in [6.07, 6.45) is -8.41. The number of nitrogens with zero attached hydrogens (tertiary/aromatic N) is 2. The lowest BCUT2D eigenvalue weighted by Gasteiger charge is -2.13. The van der Waals surface area contributed by atoms with E-state index in [2.05, 4.69) is 18.8 Å². The van der Waals surface area contributed by atoms with E-state index < -0.39 is 40.9 Å². The lowest BCUT2D eigenvalue weighted by atomic mass is 10.0. The molecule has 4 nitrogen and oxygen atoms in total. The molecule has 0 saturated carbocycles. The summed E-state index contributed by atoms with van der Waals surface area (Å²) in [5, 5.41) is 18.9. The van der Waals surface area contributed by atoms with Crippen molar-refractivity contribution in [1.29, 1.82) is 5.26 Å². The Morgan fingerprint density at radius 3 is 1.85 bits per heavy atom. The quantitative estimate of drug-likeness (QED) is 0.260. The third kappa shape index (κ3) is 8.61. The first-order chi connectivity index (χ1) is 15.9. The van der Waals surface area contributed by atoms with Crippen molar-refractivity contribution in [3.63, 3.8) is 0 Å². The standard InChI is InChI=1S/C17H8F6N2O2.C3H8.2C2H6/c18-16(19,20)10-3-9(4-11(6-10)17(21,22)23)13(26)15-14(27-15)8-1-2-25-12(5-8)7-24;1-3-2;2*1-2/h1-6,14,26H;3H2,1-2H3;2*1-2H3/b15-13-;;;. The Morgan fingerprint density at radius 1 is 0.971 bits per heavy atom. The van der Waals surface area contributed by atoms with Crippen LogP contribution in [0.5, 0.6) is 0 Å². The second kappa shape index (κ2) is 13.5. The zero-order chi connectivity index (χ0) is 26.7. The minimum Gasteiger partial charge on any atom is -0.504 e. The molecule has 34 heavy (non-hydrogen) atoms. The average molecular weight is 490 g/mol. The Morgan fingerprint density at radius 2 is 1.44 bits per heavy atom. The van der Waals surface area contributed by atoms with E-state index in [0.29, 0.717) is 17.7 Å². The number of aromatic nitrogens is 1. The monoisotopic (exact) mass is 490 g/mol. The van der Waals surface area contributed by atoms with Crippen LogP contribution in [0.4, 0.5) is 26.3 Å². The highest BCUT2D eigenvalue weighted by atomic mass is 19.4. The van der Waals surface area contributed by atoms with Gasteiger partial charge in [-0.2, -0.15) is 31.6 Å². The summed E-state index contributed by atoms with van der Waals surface area (Å²) in [6.45, 7) is 12.2. The topological polar surface area (TPSA) is 69.4 Å². The van der Waals surface area contributed by atoms with E-state index in [1.165, 1.54) is 24.8 Å². The molecular formula is C24H28F6N2O2. The zero-order valence-electron chi connectivity index (χ0n) is 19.8. The molecule has 10 heteroatoms. The molecule has 0 radical (unpaired) electrons. The van der Waals surface area contributed by atoms with Crippen molar-refractivity contribution < 1.29 is 36.2 Å². The summed E-state index contributed by atoms with van der Waals surface area (Å²) in [7, 11) is 0. The van der Waals surface area contributed by atoms with Crippen LogP contribution in [-0.4, -0.2) is 10.1 Å². The van der Waals surface area contributed by atoms with Crippen LogP contribution in [0, 0.1) is 11.3 Å². The van der Waals surface area contributed by atoms with Gasteiger partial charge in [0.25, 0.3) is 0 Å². The van der Waals surface area contributed by atoms with Crippen LogP contribution in [0.25, 0.3) is 5.76 Å². The number of hydrogen-bond donors (Lipinski definition) is 1. The SMILES string of the molecule is CC.CC.CCC.N#Cc1cc(C2O/C2=C(\O)c2cc(C(F)(F)F)cc(C(F)(F)F)c2)ccn1. The van der Waals surface area contributed by atoms with E-state index in [1.54, 1.807) is 6.07 Å². The number of aliphatic hydroxyl groups is 1. The van der Waals surface area contributed by atoms with E-state index in [4.69, 9.17) is 10.00 Å². The first-order valence-electron chi connectivity index (χ1n) is 10.7. The highest BCUT2D eigenvalue weighted by Crippen LogP contribution is 2.47. The second-order valence-electron chi connectivity index (χ2n) is 6.30. The Hall–Kier alpha value is -3.22. The minimum atomic E-state index is -5.03. The summed E-state index contributed by atoms with van der Waals surface area (Å²) < 4.78 is 82.5. The highest BCUT2D eigenvalue weighted by molar-refractivity contribution is 5.66. The molecule has 0 bridgehead atoms. The van der Waals surface area contributed by atoms with E-state index in [1.807, 2.05) is 27.7 Å². The Balaban J connectivity index is 0.00000141. The molecule has 1 unspecified atom stereocenters. The van der Waals surface area contributed by atoms with Crippen LogP contribution in [0.1, 0.15) is 82.0 Å². The molecule has 1 saturated heterocycles. The number of hydrogen-bond acceptors (Lipinski definition) is 4. The molecule has 1 aromatic heterocycles. The summed E-state index contributed by atoms with van der Waals surface area (Å²) in [6, 6.07) is 5.33. The van der Waals surface area contributed by atoms with Gasteiger partial charge in [0.1, 0.15) is 11.8 Å². The first kappa shape index (κ1) is 30.8. The van der Waals surface area contributed by atoms with Gasteiger partial charge in [-0.3, -0.25) is 0 Å². The smallest absolute Gasteiger partial charge is 0.416 e. The van der Waals surface area contributed by atoms with Crippen molar-refractivity contribution in [1.82, 2.24) is 4.98 Å². The van der Waals surface area contributed by atoms with Crippen molar-refractivity contribution >= 4 is 5.76 Å². The third-order valence-electron chi connectivity index (χ3n) is 3.72. The molecule has 1 aliphatic rings. The van der Waals surface area contributed by atoms with E-state index in [9.17, 15) is 31.4 Å². The van der Waals surface area contributed by atoms with E-state index >= 15 is 0 Å². The molecular weight excluding hydrogens is 462 g/mol. The molecule has 0 spiro atoms. The number of benzene rings is 1. The van der Waals surface area contributed by atoms with Crippen LogP contribution in [0.3, 0.4) is 0 Å². The van der Waals surface area contributed by atoms with Gasteiger partial charge in [0.05, 0.1) is 11.1 Å². The molecule has 188 valence electrons. The number of rotatable bonds is 2. The Labute approximate surface area is 195 Å². The zero-order valence-corrected chi connectivity index (χ0v) is 19.8. The number of pyridine rings is 1.